The number of amides is 1. The maximum Gasteiger partial charge on any atom is 0.303 e. The standard InChI is InChI=1S/C15H22N2O3/c1-12-8-9-13(11-17-12)15(20)16-10-6-4-2-3-5-7-14(18)19/h8-9,11H,2-7,10H2,1H3,(H,16,20)(H,18,19). The van der Waals surface area contributed by atoms with Crippen LogP contribution in [0, 0.1) is 6.92 Å². The SMILES string of the molecule is Cc1ccc(C(=O)NCCCCCCCC(=O)O)cn1. The zero-order valence-corrected chi connectivity index (χ0v) is 11.9. The van der Waals surface area contributed by atoms with Crippen LogP contribution in [0.2, 0.25) is 0 Å². The van der Waals surface area contributed by atoms with Gasteiger partial charge in [0, 0.05) is 24.9 Å². The van der Waals surface area contributed by atoms with Gasteiger partial charge in [0.25, 0.3) is 5.91 Å². The summed E-state index contributed by atoms with van der Waals surface area (Å²) < 4.78 is 0. The molecule has 20 heavy (non-hydrogen) atoms. The largest absolute Gasteiger partial charge is 0.481 e. The molecule has 1 amide bonds. The van der Waals surface area contributed by atoms with Gasteiger partial charge in [-0.15, -0.1) is 0 Å². The van der Waals surface area contributed by atoms with Crippen LogP contribution in [0.4, 0.5) is 0 Å². The predicted molar refractivity (Wildman–Crippen MR) is 76.6 cm³/mol. The molecule has 2 N–H and O–H groups in total. The number of hydrogen-bond acceptors (Lipinski definition) is 3. The minimum Gasteiger partial charge on any atom is -0.481 e. The van der Waals surface area contributed by atoms with Crippen molar-refractivity contribution in [3.05, 3.63) is 29.6 Å². The van der Waals surface area contributed by atoms with Crippen molar-refractivity contribution in [1.29, 1.82) is 0 Å². The maximum absolute atomic E-state index is 11.7. The molecule has 0 aromatic carbocycles. The Morgan fingerprint density at radius 1 is 1.15 bits per heavy atom. The fourth-order valence-corrected chi connectivity index (χ4v) is 1.84. The monoisotopic (exact) mass is 278 g/mol. The van der Waals surface area contributed by atoms with Crippen molar-refractivity contribution >= 4 is 11.9 Å². The molecule has 0 saturated heterocycles. The molecule has 0 bridgehead atoms. The second-order valence-electron chi connectivity index (χ2n) is 4.86. The van der Waals surface area contributed by atoms with E-state index in [1.807, 2.05) is 13.0 Å². The predicted octanol–water partition coefficient (Wildman–Crippen LogP) is 2.55. The number of carboxylic acid groups (broad SMARTS) is 1. The van der Waals surface area contributed by atoms with Crippen molar-refractivity contribution in [2.75, 3.05) is 6.54 Å². The summed E-state index contributed by atoms with van der Waals surface area (Å²) in [5, 5.41) is 11.3. The van der Waals surface area contributed by atoms with Crippen LogP contribution in [0.5, 0.6) is 0 Å². The summed E-state index contributed by atoms with van der Waals surface area (Å²) in [6.07, 6.45) is 6.42. The van der Waals surface area contributed by atoms with E-state index in [2.05, 4.69) is 10.3 Å². The lowest BCUT2D eigenvalue weighted by Gasteiger charge is -2.05. The highest BCUT2D eigenvalue weighted by Gasteiger charge is 2.04. The number of carboxylic acids is 1. The number of unbranched alkanes of at least 4 members (excludes halogenated alkanes) is 4. The van der Waals surface area contributed by atoms with Gasteiger partial charge in [-0.25, -0.2) is 0 Å². The fraction of sp³-hybridized carbons (Fsp3) is 0.533. The minimum atomic E-state index is -0.732. The zero-order chi connectivity index (χ0) is 14.8. The van der Waals surface area contributed by atoms with E-state index in [0.29, 0.717) is 12.1 Å². The maximum atomic E-state index is 11.7. The van der Waals surface area contributed by atoms with Gasteiger partial charge < -0.3 is 10.4 Å². The van der Waals surface area contributed by atoms with Gasteiger partial charge in [-0.05, 0) is 31.9 Å². The molecule has 1 aromatic heterocycles. The number of nitrogens with zero attached hydrogens (tertiary/aromatic N) is 1. The summed E-state index contributed by atoms with van der Waals surface area (Å²) in [6, 6.07) is 3.58. The third-order valence-corrected chi connectivity index (χ3v) is 3.03. The molecular formula is C15H22N2O3. The van der Waals surface area contributed by atoms with Gasteiger partial charge in [-0.2, -0.15) is 0 Å². The Hall–Kier alpha value is -1.91. The number of aryl methyl sites for hydroxylation is 1. The van der Waals surface area contributed by atoms with Crippen LogP contribution in [0.1, 0.15) is 54.6 Å². The summed E-state index contributed by atoms with van der Waals surface area (Å²) in [6.45, 7) is 2.53. The van der Waals surface area contributed by atoms with Gasteiger partial charge in [0.1, 0.15) is 0 Å². The molecule has 5 nitrogen and oxygen atoms in total. The Kier molecular flexibility index (Phi) is 7.32. The number of carbonyl (C=O) groups excluding carboxylic acids is 1. The molecule has 1 rings (SSSR count). The van der Waals surface area contributed by atoms with Crippen molar-refractivity contribution < 1.29 is 14.7 Å². The first-order valence-electron chi connectivity index (χ1n) is 7.02. The molecule has 1 aromatic rings. The third kappa shape index (κ3) is 6.87. The van der Waals surface area contributed by atoms with Gasteiger partial charge in [-0.1, -0.05) is 19.3 Å². The molecule has 110 valence electrons. The van der Waals surface area contributed by atoms with E-state index in [1.165, 1.54) is 0 Å². The summed E-state index contributed by atoms with van der Waals surface area (Å²) in [5.74, 6) is -0.827. The number of hydrogen-bond donors (Lipinski definition) is 2. The molecule has 0 aliphatic heterocycles. The molecule has 1 heterocycles. The Balaban J connectivity index is 2.05. The van der Waals surface area contributed by atoms with E-state index in [-0.39, 0.29) is 12.3 Å². The van der Waals surface area contributed by atoms with Gasteiger partial charge >= 0.3 is 5.97 Å². The number of nitrogens with one attached hydrogen (secondary N) is 1. The van der Waals surface area contributed by atoms with Crippen LogP contribution < -0.4 is 5.32 Å². The van der Waals surface area contributed by atoms with Crippen LogP contribution in [0.15, 0.2) is 18.3 Å². The molecule has 0 atom stereocenters. The van der Waals surface area contributed by atoms with Gasteiger partial charge in [0.2, 0.25) is 0 Å². The van der Waals surface area contributed by atoms with Crippen LogP contribution in [-0.4, -0.2) is 28.5 Å². The fourth-order valence-electron chi connectivity index (χ4n) is 1.84. The topological polar surface area (TPSA) is 79.3 Å². The highest BCUT2D eigenvalue weighted by atomic mass is 16.4. The number of carbonyl (C=O) groups is 2. The number of pyridine rings is 1. The Morgan fingerprint density at radius 2 is 1.85 bits per heavy atom. The molecular weight excluding hydrogens is 256 g/mol. The number of aromatic nitrogens is 1. The first-order valence-corrected chi connectivity index (χ1v) is 7.02. The normalized spacial score (nSPS) is 10.2. The van der Waals surface area contributed by atoms with E-state index < -0.39 is 5.97 Å². The first kappa shape index (κ1) is 16.1. The minimum absolute atomic E-state index is 0.0941. The average Bonchev–Trinajstić information content (AvgIpc) is 2.42. The molecule has 0 aliphatic rings. The Morgan fingerprint density at radius 3 is 2.50 bits per heavy atom. The highest BCUT2D eigenvalue weighted by molar-refractivity contribution is 5.93. The first-order chi connectivity index (χ1) is 9.59. The molecule has 0 saturated carbocycles. The Labute approximate surface area is 119 Å². The molecule has 0 fully saturated rings. The van der Waals surface area contributed by atoms with Gasteiger partial charge in [0.15, 0.2) is 0 Å². The second-order valence-corrected chi connectivity index (χ2v) is 4.86. The van der Waals surface area contributed by atoms with E-state index >= 15 is 0 Å². The average molecular weight is 278 g/mol. The van der Waals surface area contributed by atoms with Crippen molar-refractivity contribution in [2.45, 2.75) is 45.4 Å². The smallest absolute Gasteiger partial charge is 0.303 e. The molecule has 0 aliphatic carbocycles. The van der Waals surface area contributed by atoms with Crippen molar-refractivity contribution in [3.63, 3.8) is 0 Å². The van der Waals surface area contributed by atoms with E-state index in [4.69, 9.17) is 5.11 Å². The lowest BCUT2D eigenvalue weighted by Crippen LogP contribution is -2.24. The quantitative estimate of drug-likeness (QED) is 0.680. The van der Waals surface area contributed by atoms with E-state index in [1.54, 1.807) is 12.3 Å². The lowest BCUT2D eigenvalue weighted by atomic mass is 10.1. The van der Waals surface area contributed by atoms with E-state index in [0.717, 1.165) is 37.8 Å². The summed E-state index contributed by atoms with van der Waals surface area (Å²) >= 11 is 0. The molecule has 5 heteroatoms. The van der Waals surface area contributed by atoms with Gasteiger partial charge in [-0.3, -0.25) is 14.6 Å². The summed E-state index contributed by atoms with van der Waals surface area (Å²) in [5.41, 5.74) is 1.47. The second kappa shape index (κ2) is 9.07. The van der Waals surface area contributed by atoms with Crippen LogP contribution in [0.25, 0.3) is 0 Å². The highest BCUT2D eigenvalue weighted by Crippen LogP contribution is 2.05. The summed E-state index contributed by atoms with van der Waals surface area (Å²) in [7, 11) is 0. The Bertz CT molecular complexity index is 429. The number of aliphatic carboxylic acids is 1. The van der Waals surface area contributed by atoms with Crippen molar-refractivity contribution in [3.8, 4) is 0 Å². The van der Waals surface area contributed by atoms with Crippen molar-refractivity contribution in [1.82, 2.24) is 10.3 Å². The molecule has 0 spiro atoms. The summed E-state index contributed by atoms with van der Waals surface area (Å²) in [4.78, 5) is 26.1. The van der Waals surface area contributed by atoms with Crippen LogP contribution in [0.3, 0.4) is 0 Å². The van der Waals surface area contributed by atoms with Gasteiger partial charge in [0.05, 0.1) is 5.56 Å². The third-order valence-electron chi connectivity index (χ3n) is 3.03. The van der Waals surface area contributed by atoms with Crippen LogP contribution in [-0.2, 0) is 4.79 Å². The van der Waals surface area contributed by atoms with Crippen LogP contribution >= 0.6 is 0 Å². The molecule has 0 radical (unpaired) electrons. The lowest BCUT2D eigenvalue weighted by molar-refractivity contribution is -0.137. The van der Waals surface area contributed by atoms with E-state index in [9.17, 15) is 9.59 Å². The van der Waals surface area contributed by atoms with Crippen molar-refractivity contribution in [2.24, 2.45) is 0 Å². The zero-order valence-electron chi connectivity index (χ0n) is 11.9. The number of rotatable bonds is 9. The molecule has 0 unspecified atom stereocenters.